The Morgan fingerprint density at radius 1 is 0.606 bits per heavy atom. The van der Waals surface area contributed by atoms with Gasteiger partial charge in [0.15, 0.2) is 0 Å². The van der Waals surface area contributed by atoms with E-state index in [0.29, 0.717) is 0 Å². The van der Waals surface area contributed by atoms with E-state index in [9.17, 15) is 0 Å². The van der Waals surface area contributed by atoms with Crippen molar-refractivity contribution in [2.24, 2.45) is 0 Å². The molecule has 3 heteroatoms. The first kappa shape index (κ1) is 21.4. The Labute approximate surface area is 198 Å². The number of rotatable bonds is 5. The third kappa shape index (κ3) is 3.45. The van der Waals surface area contributed by atoms with Crippen molar-refractivity contribution in [2.45, 2.75) is 18.3 Å². The fraction of sp³-hybridized carbons (Fsp3) is 0.133. The van der Waals surface area contributed by atoms with Crippen molar-refractivity contribution in [2.75, 3.05) is 12.1 Å². The highest BCUT2D eigenvalue weighted by molar-refractivity contribution is 6.92. The van der Waals surface area contributed by atoms with Crippen LogP contribution in [0, 0.1) is 0 Å². The van der Waals surface area contributed by atoms with Crippen molar-refractivity contribution in [1.82, 2.24) is 5.01 Å². The average Bonchev–Trinajstić information content (AvgIpc) is 3.20. The minimum absolute atomic E-state index is 0.267. The number of hydrogen-bond acceptors (Lipinski definition) is 2. The first-order valence-corrected chi connectivity index (χ1v) is 14.5. The minimum atomic E-state index is -2.14. The summed E-state index contributed by atoms with van der Waals surface area (Å²) in [6.45, 7) is 5.00. The molecule has 4 aromatic carbocycles. The molecule has 0 aromatic heterocycles. The molecule has 0 aliphatic carbocycles. The zero-order valence-corrected chi connectivity index (χ0v) is 20.5. The van der Waals surface area contributed by atoms with Crippen LogP contribution >= 0.6 is 0 Å². The fourth-order valence-electron chi connectivity index (χ4n) is 5.35. The molecule has 0 saturated carbocycles. The van der Waals surface area contributed by atoms with Gasteiger partial charge in [-0.3, -0.25) is 5.01 Å². The van der Waals surface area contributed by atoms with Crippen LogP contribution < -0.4 is 10.2 Å². The SMILES string of the molecule is CN1N(c2ccccc2)C(c2ccccc2)=CC1(c1ccccc1)[Si](C)(C)c1ccccc1. The number of nitrogens with zero attached hydrogens (tertiary/aromatic N) is 2. The lowest BCUT2D eigenvalue weighted by atomic mass is 10.0. The predicted molar refractivity (Wildman–Crippen MR) is 143 cm³/mol. The number of hydrazine groups is 1. The fourth-order valence-corrected chi connectivity index (χ4v) is 9.11. The standard InChI is InChI=1S/C30H30N2Si/c1-31-30(26-18-10-5-11-19-26,33(2,3)28-22-14-7-15-23-28)24-29(25-16-8-4-9-17-25)32(31)27-20-12-6-13-21-27/h4-24H,1-3H3. The van der Waals surface area contributed by atoms with Gasteiger partial charge in [0.1, 0.15) is 8.07 Å². The smallest absolute Gasteiger partial charge is 0.115 e. The van der Waals surface area contributed by atoms with Crippen LogP contribution in [0.15, 0.2) is 127 Å². The molecule has 0 fully saturated rings. The Hall–Kier alpha value is -3.40. The van der Waals surface area contributed by atoms with E-state index in [-0.39, 0.29) is 5.16 Å². The molecule has 0 amide bonds. The van der Waals surface area contributed by atoms with Gasteiger partial charge in [-0.15, -0.1) is 0 Å². The van der Waals surface area contributed by atoms with Gasteiger partial charge in [0.2, 0.25) is 0 Å². The van der Waals surface area contributed by atoms with Crippen LogP contribution in [0.4, 0.5) is 5.69 Å². The lowest BCUT2D eigenvalue weighted by molar-refractivity contribution is 0.263. The number of likely N-dealkylation sites (N-methyl/N-ethyl adjacent to an activating group) is 1. The van der Waals surface area contributed by atoms with Gasteiger partial charge in [0.25, 0.3) is 0 Å². The van der Waals surface area contributed by atoms with Crippen molar-refractivity contribution in [3.05, 3.63) is 139 Å². The first-order chi connectivity index (χ1) is 16.1. The number of hydrogen-bond donors (Lipinski definition) is 0. The largest absolute Gasteiger partial charge is 0.273 e. The van der Waals surface area contributed by atoms with E-state index in [4.69, 9.17) is 0 Å². The monoisotopic (exact) mass is 446 g/mol. The van der Waals surface area contributed by atoms with Crippen LogP contribution in [0.3, 0.4) is 0 Å². The molecule has 1 heterocycles. The molecule has 0 spiro atoms. The highest BCUT2D eigenvalue weighted by Crippen LogP contribution is 2.49. The number of anilines is 1. The van der Waals surface area contributed by atoms with Gasteiger partial charge in [-0.05, 0) is 29.3 Å². The molecule has 1 aliphatic rings. The minimum Gasteiger partial charge on any atom is -0.273 e. The normalized spacial score (nSPS) is 18.9. The lowest BCUT2D eigenvalue weighted by Crippen LogP contribution is -2.66. The molecule has 5 rings (SSSR count). The summed E-state index contributed by atoms with van der Waals surface area (Å²) in [5, 5.41) is 6.06. The molecule has 0 N–H and O–H groups in total. The lowest BCUT2D eigenvalue weighted by Gasteiger charge is -2.49. The molecule has 4 aromatic rings. The summed E-state index contributed by atoms with van der Waals surface area (Å²) >= 11 is 0. The van der Waals surface area contributed by atoms with E-state index in [2.05, 4.69) is 158 Å². The molecular formula is C30H30N2Si. The van der Waals surface area contributed by atoms with Crippen LogP contribution in [0.2, 0.25) is 13.1 Å². The Bertz CT molecular complexity index is 1240. The Balaban J connectivity index is 1.81. The highest BCUT2D eigenvalue weighted by atomic mass is 28.3. The topological polar surface area (TPSA) is 6.48 Å². The zero-order chi connectivity index (χ0) is 22.9. The van der Waals surface area contributed by atoms with Gasteiger partial charge in [-0.2, -0.15) is 0 Å². The zero-order valence-electron chi connectivity index (χ0n) is 19.5. The second-order valence-corrected chi connectivity index (χ2v) is 13.8. The Kier molecular flexibility index (Phi) is 5.53. The van der Waals surface area contributed by atoms with Crippen LogP contribution in [-0.4, -0.2) is 20.1 Å². The van der Waals surface area contributed by atoms with Gasteiger partial charge in [-0.1, -0.05) is 127 Å². The maximum absolute atomic E-state index is 2.53. The molecule has 1 atom stereocenters. The van der Waals surface area contributed by atoms with Gasteiger partial charge in [-0.25, -0.2) is 5.01 Å². The van der Waals surface area contributed by atoms with Crippen LogP contribution in [0.1, 0.15) is 11.1 Å². The highest BCUT2D eigenvalue weighted by Gasteiger charge is 2.56. The van der Waals surface area contributed by atoms with E-state index in [0.717, 1.165) is 0 Å². The molecule has 33 heavy (non-hydrogen) atoms. The van der Waals surface area contributed by atoms with E-state index >= 15 is 0 Å². The quantitative estimate of drug-likeness (QED) is 0.325. The number of para-hydroxylation sites is 1. The Morgan fingerprint density at radius 3 is 1.67 bits per heavy atom. The summed E-state index contributed by atoms with van der Waals surface area (Å²) in [7, 11) is 0.112. The third-order valence-electron chi connectivity index (χ3n) is 7.12. The third-order valence-corrected chi connectivity index (χ3v) is 11.6. The van der Waals surface area contributed by atoms with Crippen molar-refractivity contribution in [3.8, 4) is 0 Å². The molecule has 2 nitrogen and oxygen atoms in total. The number of benzene rings is 4. The summed E-state index contributed by atoms with van der Waals surface area (Å²) < 4.78 is 0. The summed E-state index contributed by atoms with van der Waals surface area (Å²) in [6.07, 6.45) is 2.53. The molecule has 0 radical (unpaired) electrons. The van der Waals surface area contributed by atoms with E-state index in [1.807, 2.05) is 0 Å². The van der Waals surface area contributed by atoms with Crippen LogP contribution in [0.25, 0.3) is 5.70 Å². The molecule has 1 unspecified atom stereocenters. The van der Waals surface area contributed by atoms with Gasteiger partial charge < -0.3 is 0 Å². The second-order valence-electron chi connectivity index (χ2n) is 9.19. The van der Waals surface area contributed by atoms with Crippen molar-refractivity contribution in [3.63, 3.8) is 0 Å². The predicted octanol–water partition coefficient (Wildman–Crippen LogP) is 6.44. The molecule has 0 saturated heterocycles. The van der Waals surface area contributed by atoms with Crippen molar-refractivity contribution >= 4 is 24.6 Å². The molecular weight excluding hydrogens is 416 g/mol. The van der Waals surface area contributed by atoms with E-state index in [1.165, 1.54) is 27.7 Å². The van der Waals surface area contributed by atoms with Gasteiger partial charge in [0.05, 0.1) is 16.5 Å². The first-order valence-electron chi connectivity index (χ1n) is 11.5. The molecule has 164 valence electrons. The summed E-state index contributed by atoms with van der Waals surface area (Å²) in [6, 6.07) is 43.6. The average molecular weight is 447 g/mol. The van der Waals surface area contributed by atoms with Gasteiger partial charge >= 0.3 is 0 Å². The van der Waals surface area contributed by atoms with Crippen molar-refractivity contribution < 1.29 is 0 Å². The Morgan fingerprint density at radius 2 is 1.09 bits per heavy atom. The second kappa shape index (κ2) is 8.51. The molecule has 0 bridgehead atoms. The van der Waals surface area contributed by atoms with Crippen LogP contribution in [-0.2, 0) is 5.16 Å². The summed E-state index contributed by atoms with van der Waals surface area (Å²) in [5.74, 6) is 0. The van der Waals surface area contributed by atoms with E-state index in [1.54, 1.807) is 0 Å². The maximum atomic E-state index is 2.53. The van der Waals surface area contributed by atoms with Crippen LogP contribution in [0.5, 0.6) is 0 Å². The van der Waals surface area contributed by atoms with Gasteiger partial charge in [0, 0.05) is 7.05 Å². The van der Waals surface area contributed by atoms with Crippen molar-refractivity contribution in [1.29, 1.82) is 0 Å². The van der Waals surface area contributed by atoms with E-state index < -0.39 is 8.07 Å². The maximum Gasteiger partial charge on any atom is 0.115 e. The summed E-state index contributed by atoms with van der Waals surface area (Å²) in [5.41, 5.74) is 4.96. The molecule has 1 aliphatic heterocycles. The summed E-state index contributed by atoms with van der Waals surface area (Å²) in [4.78, 5) is 0.